The van der Waals surface area contributed by atoms with Crippen molar-refractivity contribution in [2.75, 3.05) is 5.32 Å². The number of hydrogen-bond donors (Lipinski definition) is 2. The van der Waals surface area contributed by atoms with Gasteiger partial charge in [-0.2, -0.15) is 0 Å². The fourth-order valence-corrected chi connectivity index (χ4v) is 2.97. The quantitative estimate of drug-likeness (QED) is 0.680. The van der Waals surface area contributed by atoms with E-state index in [-0.39, 0.29) is 18.2 Å². The van der Waals surface area contributed by atoms with E-state index in [0.717, 1.165) is 5.69 Å². The summed E-state index contributed by atoms with van der Waals surface area (Å²) in [5, 5.41) is 8.26. The van der Waals surface area contributed by atoms with Crippen LogP contribution in [0.15, 0.2) is 54.0 Å². The number of carbonyl (C=O) groups excluding carboxylic acids is 2. The lowest BCUT2D eigenvalue weighted by molar-refractivity contribution is -0.120. The van der Waals surface area contributed by atoms with Gasteiger partial charge < -0.3 is 5.32 Å². The van der Waals surface area contributed by atoms with Gasteiger partial charge >= 0.3 is 0 Å². The molecule has 3 aromatic rings. The van der Waals surface area contributed by atoms with Gasteiger partial charge in [0.1, 0.15) is 0 Å². The largest absolute Gasteiger partial charge is 0.350 e. The SMILES string of the molecule is O=C(Cc1csc(NC(=O)c2ccc(Cl)cc2)n1)NCc1ccccn1. The maximum atomic E-state index is 12.1. The molecule has 2 aromatic heterocycles. The second kappa shape index (κ2) is 8.55. The highest BCUT2D eigenvalue weighted by atomic mass is 35.5. The normalized spacial score (nSPS) is 10.3. The number of hydrogen-bond acceptors (Lipinski definition) is 5. The summed E-state index contributed by atoms with van der Waals surface area (Å²) in [5.74, 6) is -0.432. The zero-order valence-electron chi connectivity index (χ0n) is 13.6. The summed E-state index contributed by atoms with van der Waals surface area (Å²) in [5.41, 5.74) is 1.87. The molecular formula is C18H15ClN4O2S. The molecule has 0 fully saturated rings. The Morgan fingerprint density at radius 2 is 1.88 bits per heavy atom. The van der Waals surface area contributed by atoms with Crippen LogP contribution in [0.4, 0.5) is 5.13 Å². The second-order valence-electron chi connectivity index (χ2n) is 5.38. The number of aromatic nitrogens is 2. The van der Waals surface area contributed by atoms with Gasteiger partial charge in [-0.15, -0.1) is 11.3 Å². The number of anilines is 1. The lowest BCUT2D eigenvalue weighted by Gasteiger charge is -2.03. The van der Waals surface area contributed by atoms with Crippen LogP contribution in [0.2, 0.25) is 5.02 Å². The predicted molar refractivity (Wildman–Crippen MR) is 101 cm³/mol. The van der Waals surface area contributed by atoms with Crippen LogP contribution in [0.3, 0.4) is 0 Å². The Labute approximate surface area is 159 Å². The molecule has 8 heteroatoms. The first kappa shape index (κ1) is 18.0. The number of benzene rings is 1. The molecule has 0 bridgehead atoms. The Balaban J connectivity index is 1.51. The van der Waals surface area contributed by atoms with Crippen molar-refractivity contribution in [3.8, 4) is 0 Å². The minimum atomic E-state index is -0.276. The van der Waals surface area contributed by atoms with Crippen LogP contribution in [0, 0.1) is 0 Å². The standard InChI is InChI=1S/C18H15ClN4O2S/c19-13-6-4-12(5-7-13)17(25)23-18-22-15(11-26-18)9-16(24)21-10-14-3-1-2-8-20-14/h1-8,11H,9-10H2,(H,21,24)(H,22,23,25). The van der Waals surface area contributed by atoms with Crippen LogP contribution < -0.4 is 10.6 Å². The molecule has 2 heterocycles. The van der Waals surface area contributed by atoms with E-state index in [0.29, 0.717) is 28.0 Å². The summed E-state index contributed by atoms with van der Waals surface area (Å²) >= 11 is 7.08. The molecule has 0 aliphatic heterocycles. The highest BCUT2D eigenvalue weighted by Gasteiger charge is 2.11. The highest BCUT2D eigenvalue weighted by Crippen LogP contribution is 2.17. The third kappa shape index (κ3) is 5.11. The van der Waals surface area contributed by atoms with E-state index in [2.05, 4.69) is 20.6 Å². The zero-order chi connectivity index (χ0) is 18.4. The fraction of sp³-hybridized carbons (Fsp3) is 0.111. The van der Waals surface area contributed by atoms with Gasteiger partial charge in [-0.3, -0.25) is 19.9 Å². The Morgan fingerprint density at radius 3 is 2.62 bits per heavy atom. The molecule has 26 heavy (non-hydrogen) atoms. The third-order valence-corrected chi connectivity index (χ3v) is 4.47. The molecule has 132 valence electrons. The lowest BCUT2D eigenvalue weighted by Crippen LogP contribution is -2.25. The van der Waals surface area contributed by atoms with Gasteiger partial charge in [0.25, 0.3) is 5.91 Å². The smallest absolute Gasteiger partial charge is 0.257 e. The summed E-state index contributed by atoms with van der Waals surface area (Å²) in [6.07, 6.45) is 1.82. The number of nitrogens with zero attached hydrogens (tertiary/aromatic N) is 2. The number of nitrogens with one attached hydrogen (secondary N) is 2. The maximum Gasteiger partial charge on any atom is 0.257 e. The summed E-state index contributed by atoms with van der Waals surface area (Å²) in [7, 11) is 0. The first-order valence-electron chi connectivity index (χ1n) is 7.78. The van der Waals surface area contributed by atoms with Crippen molar-refractivity contribution in [2.45, 2.75) is 13.0 Å². The van der Waals surface area contributed by atoms with Gasteiger partial charge in [-0.25, -0.2) is 4.98 Å². The van der Waals surface area contributed by atoms with Crippen molar-refractivity contribution in [2.24, 2.45) is 0 Å². The lowest BCUT2D eigenvalue weighted by atomic mass is 10.2. The number of thiazole rings is 1. The van der Waals surface area contributed by atoms with E-state index in [9.17, 15) is 9.59 Å². The first-order valence-corrected chi connectivity index (χ1v) is 9.04. The van der Waals surface area contributed by atoms with E-state index in [1.54, 1.807) is 35.8 Å². The van der Waals surface area contributed by atoms with E-state index < -0.39 is 0 Å². The van der Waals surface area contributed by atoms with E-state index in [1.807, 2.05) is 18.2 Å². The second-order valence-corrected chi connectivity index (χ2v) is 6.67. The zero-order valence-corrected chi connectivity index (χ0v) is 15.2. The number of carbonyl (C=O) groups is 2. The predicted octanol–water partition coefficient (Wildman–Crippen LogP) is 3.30. The number of rotatable bonds is 6. The van der Waals surface area contributed by atoms with Crippen LogP contribution in [-0.4, -0.2) is 21.8 Å². The Morgan fingerprint density at radius 1 is 1.08 bits per heavy atom. The number of amides is 2. The van der Waals surface area contributed by atoms with E-state index in [4.69, 9.17) is 11.6 Å². The van der Waals surface area contributed by atoms with Crippen LogP contribution in [0.5, 0.6) is 0 Å². The molecule has 0 aliphatic carbocycles. The highest BCUT2D eigenvalue weighted by molar-refractivity contribution is 7.14. The molecule has 3 rings (SSSR count). The third-order valence-electron chi connectivity index (χ3n) is 3.41. The minimum absolute atomic E-state index is 0.139. The molecule has 0 unspecified atom stereocenters. The van der Waals surface area contributed by atoms with Gasteiger partial charge in [-0.05, 0) is 36.4 Å². The topological polar surface area (TPSA) is 84.0 Å². The van der Waals surface area contributed by atoms with E-state index >= 15 is 0 Å². The van der Waals surface area contributed by atoms with Crippen LogP contribution in [0.1, 0.15) is 21.7 Å². The molecule has 2 amide bonds. The molecule has 2 N–H and O–H groups in total. The molecule has 0 spiro atoms. The number of halogens is 1. The first-order chi connectivity index (χ1) is 12.6. The molecule has 6 nitrogen and oxygen atoms in total. The Kier molecular flexibility index (Phi) is 5.93. The molecule has 0 saturated heterocycles. The van der Waals surface area contributed by atoms with Gasteiger partial charge in [-0.1, -0.05) is 17.7 Å². The van der Waals surface area contributed by atoms with Crippen molar-refractivity contribution in [3.05, 3.63) is 76.0 Å². The molecule has 0 saturated carbocycles. The van der Waals surface area contributed by atoms with Crippen molar-refractivity contribution < 1.29 is 9.59 Å². The molecule has 0 aliphatic rings. The van der Waals surface area contributed by atoms with Gasteiger partial charge in [0.05, 0.1) is 24.4 Å². The average molecular weight is 387 g/mol. The monoisotopic (exact) mass is 386 g/mol. The fourth-order valence-electron chi connectivity index (χ4n) is 2.13. The Bertz CT molecular complexity index is 897. The van der Waals surface area contributed by atoms with Crippen molar-refractivity contribution in [1.82, 2.24) is 15.3 Å². The Hall–Kier alpha value is -2.77. The average Bonchev–Trinajstić information content (AvgIpc) is 3.08. The van der Waals surface area contributed by atoms with Gasteiger partial charge in [0, 0.05) is 22.2 Å². The molecular weight excluding hydrogens is 372 g/mol. The molecule has 0 radical (unpaired) electrons. The van der Waals surface area contributed by atoms with Crippen molar-refractivity contribution >= 4 is 39.9 Å². The van der Waals surface area contributed by atoms with Crippen LogP contribution in [-0.2, 0) is 17.8 Å². The molecule has 0 atom stereocenters. The van der Waals surface area contributed by atoms with Gasteiger partial charge in [0.15, 0.2) is 5.13 Å². The maximum absolute atomic E-state index is 12.1. The van der Waals surface area contributed by atoms with Crippen LogP contribution in [0.25, 0.3) is 0 Å². The summed E-state index contributed by atoms with van der Waals surface area (Å²) in [6.45, 7) is 0.365. The van der Waals surface area contributed by atoms with Crippen molar-refractivity contribution in [1.29, 1.82) is 0 Å². The van der Waals surface area contributed by atoms with Crippen molar-refractivity contribution in [3.63, 3.8) is 0 Å². The molecule has 1 aromatic carbocycles. The van der Waals surface area contributed by atoms with E-state index in [1.165, 1.54) is 11.3 Å². The minimum Gasteiger partial charge on any atom is -0.350 e. The summed E-state index contributed by atoms with van der Waals surface area (Å²) < 4.78 is 0. The van der Waals surface area contributed by atoms with Crippen LogP contribution >= 0.6 is 22.9 Å². The number of pyridine rings is 1. The summed E-state index contributed by atoms with van der Waals surface area (Å²) in [6, 6.07) is 12.1. The summed E-state index contributed by atoms with van der Waals surface area (Å²) in [4.78, 5) is 32.6. The van der Waals surface area contributed by atoms with Gasteiger partial charge in [0.2, 0.25) is 5.91 Å².